The predicted octanol–water partition coefficient (Wildman–Crippen LogP) is 3.24. The van der Waals surface area contributed by atoms with E-state index in [2.05, 4.69) is 5.16 Å². The third-order valence-electron chi connectivity index (χ3n) is 2.55. The van der Waals surface area contributed by atoms with E-state index in [1.165, 1.54) is 6.92 Å². The van der Waals surface area contributed by atoms with Gasteiger partial charge in [-0.15, -0.1) is 0 Å². The number of carbonyl (C=O) groups is 1. The van der Waals surface area contributed by atoms with Gasteiger partial charge in [0, 0.05) is 5.56 Å². The lowest BCUT2D eigenvalue weighted by Crippen LogP contribution is -2.04. The maximum atomic E-state index is 13.4. The van der Waals surface area contributed by atoms with Crippen LogP contribution in [0.3, 0.4) is 0 Å². The lowest BCUT2D eigenvalue weighted by Gasteiger charge is -2.02. The molecule has 0 amide bonds. The molecule has 0 saturated carbocycles. The van der Waals surface area contributed by atoms with Crippen LogP contribution in [0, 0.1) is 6.92 Å². The molecule has 2 aromatic rings. The van der Waals surface area contributed by atoms with Crippen molar-refractivity contribution in [2.45, 2.75) is 20.0 Å². The highest BCUT2D eigenvalue weighted by Crippen LogP contribution is 2.26. The SMILES string of the molecule is Cc1noc(C(=O)c2ccccc2)c1[C@@H](C)F. The number of hydrogen-bond donors (Lipinski definition) is 0. The lowest BCUT2D eigenvalue weighted by molar-refractivity contribution is 0.0996. The van der Waals surface area contributed by atoms with Crippen molar-refractivity contribution in [3.05, 3.63) is 52.9 Å². The van der Waals surface area contributed by atoms with Crippen molar-refractivity contribution in [2.24, 2.45) is 0 Å². The minimum atomic E-state index is -1.27. The van der Waals surface area contributed by atoms with Gasteiger partial charge in [-0.05, 0) is 13.8 Å². The molecule has 1 heterocycles. The molecule has 1 aromatic carbocycles. The minimum absolute atomic E-state index is 0.0105. The number of hydrogen-bond acceptors (Lipinski definition) is 3. The molecule has 0 aliphatic rings. The van der Waals surface area contributed by atoms with Crippen molar-refractivity contribution in [1.29, 1.82) is 0 Å². The second-order valence-corrected chi connectivity index (χ2v) is 3.82. The van der Waals surface area contributed by atoms with Gasteiger partial charge in [0.2, 0.25) is 11.5 Å². The van der Waals surface area contributed by atoms with Gasteiger partial charge in [0.15, 0.2) is 0 Å². The maximum absolute atomic E-state index is 13.4. The molecular weight excluding hydrogens is 221 g/mol. The Kier molecular flexibility index (Phi) is 3.04. The van der Waals surface area contributed by atoms with E-state index in [1.54, 1.807) is 37.3 Å². The number of carbonyl (C=O) groups excluding carboxylic acids is 1. The summed E-state index contributed by atoms with van der Waals surface area (Å²) in [5.74, 6) is -0.352. The van der Waals surface area contributed by atoms with E-state index in [4.69, 9.17) is 4.52 Å². The van der Waals surface area contributed by atoms with E-state index in [0.29, 0.717) is 11.3 Å². The Labute approximate surface area is 98.2 Å². The average molecular weight is 233 g/mol. The van der Waals surface area contributed by atoms with Crippen LogP contribution in [0.15, 0.2) is 34.9 Å². The fraction of sp³-hybridized carbons (Fsp3) is 0.231. The summed E-state index contributed by atoms with van der Waals surface area (Å²) in [5, 5.41) is 3.65. The molecule has 0 fully saturated rings. The Hall–Kier alpha value is -1.97. The highest BCUT2D eigenvalue weighted by atomic mass is 19.1. The second kappa shape index (κ2) is 4.49. The van der Waals surface area contributed by atoms with Crippen LogP contribution < -0.4 is 0 Å². The summed E-state index contributed by atoms with van der Waals surface area (Å²) in [6, 6.07) is 8.62. The van der Waals surface area contributed by atoms with Crippen LogP contribution >= 0.6 is 0 Å². The number of aryl methyl sites for hydroxylation is 1. The number of nitrogens with zero attached hydrogens (tertiary/aromatic N) is 1. The number of rotatable bonds is 3. The van der Waals surface area contributed by atoms with Gasteiger partial charge in [0.05, 0.1) is 11.3 Å². The molecule has 1 aromatic heterocycles. The first kappa shape index (κ1) is 11.5. The topological polar surface area (TPSA) is 43.1 Å². The number of aromatic nitrogens is 1. The molecule has 4 heteroatoms. The molecule has 1 atom stereocenters. The first-order valence-corrected chi connectivity index (χ1v) is 5.31. The second-order valence-electron chi connectivity index (χ2n) is 3.82. The van der Waals surface area contributed by atoms with Gasteiger partial charge >= 0.3 is 0 Å². The van der Waals surface area contributed by atoms with Gasteiger partial charge in [-0.3, -0.25) is 4.79 Å². The van der Waals surface area contributed by atoms with Gasteiger partial charge in [-0.2, -0.15) is 0 Å². The van der Waals surface area contributed by atoms with Gasteiger partial charge in [0.25, 0.3) is 0 Å². The Bertz CT molecular complexity index is 532. The van der Waals surface area contributed by atoms with E-state index in [9.17, 15) is 9.18 Å². The zero-order valence-corrected chi connectivity index (χ0v) is 9.61. The summed E-state index contributed by atoms with van der Waals surface area (Å²) >= 11 is 0. The minimum Gasteiger partial charge on any atom is -0.352 e. The molecule has 0 saturated heterocycles. The number of alkyl halides is 1. The van der Waals surface area contributed by atoms with Crippen molar-refractivity contribution in [3.8, 4) is 0 Å². The molecule has 0 radical (unpaired) electrons. The fourth-order valence-corrected chi connectivity index (χ4v) is 1.73. The normalized spacial score (nSPS) is 12.4. The Balaban J connectivity index is 2.45. The van der Waals surface area contributed by atoms with Gasteiger partial charge in [0.1, 0.15) is 6.17 Å². The highest BCUT2D eigenvalue weighted by molar-refractivity contribution is 6.08. The van der Waals surface area contributed by atoms with E-state index in [1.807, 2.05) is 0 Å². The van der Waals surface area contributed by atoms with E-state index >= 15 is 0 Å². The molecule has 0 unspecified atom stereocenters. The number of halogens is 1. The zero-order valence-electron chi connectivity index (χ0n) is 9.61. The summed E-state index contributed by atoms with van der Waals surface area (Å²) in [6.07, 6.45) is -1.27. The smallest absolute Gasteiger partial charge is 0.231 e. The van der Waals surface area contributed by atoms with Crippen molar-refractivity contribution in [2.75, 3.05) is 0 Å². The van der Waals surface area contributed by atoms with Crippen molar-refractivity contribution < 1.29 is 13.7 Å². The molecule has 0 aliphatic heterocycles. The molecule has 0 aliphatic carbocycles. The quantitative estimate of drug-likeness (QED) is 0.764. The van der Waals surface area contributed by atoms with E-state index in [-0.39, 0.29) is 17.1 Å². The number of benzene rings is 1. The van der Waals surface area contributed by atoms with Crippen LogP contribution in [0.2, 0.25) is 0 Å². The molecule has 0 spiro atoms. The Morgan fingerprint density at radius 1 is 1.35 bits per heavy atom. The summed E-state index contributed by atoms with van der Waals surface area (Å²) < 4.78 is 18.3. The van der Waals surface area contributed by atoms with Crippen LogP contribution in [-0.4, -0.2) is 10.9 Å². The maximum Gasteiger partial charge on any atom is 0.231 e. The van der Waals surface area contributed by atoms with Crippen molar-refractivity contribution in [1.82, 2.24) is 5.16 Å². The van der Waals surface area contributed by atoms with Gasteiger partial charge < -0.3 is 4.52 Å². The zero-order chi connectivity index (χ0) is 12.4. The summed E-state index contributed by atoms with van der Waals surface area (Å²) in [4.78, 5) is 12.1. The molecule has 3 nitrogen and oxygen atoms in total. The first-order valence-electron chi connectivity index (χ1n) is 5.31. The van der Waals surface area contributed by atoms with E-state index < -0.39 is 6.17 Å². The summed E-state index contributed by atoms with van der Waals surface area (Å²) in [7, 11) is 0. The van der Waals surface area contributed by atoms with Crippen LogP contribution in [0.25, 0.3) is 0 Å². The van der Waals surface area contributed by atoms with Gasteiger partial charge in [-0.25, -0.2) is 4.39 Å². The first-order chi connectivity index (χ1) is 8.11. The Morgan fingerprint density at radius 2 is 2.00 bits per heavy atom. The van der Waals surface area contributed by atoms with Crippen molar-refractivity contribution in [3.63, 3.8) is 0 Å². The summed E-state index contributed by atoms with van der Waals surface area (Å²) in [6.45, 7) is 2.98. The highest BCUT2D eigenvalue weighted by Gasteiger charge is 2.24. The standard InChI is InChI=1S/C13H12FNO2/c1-8(14)11-9(2)15-17-13(11)12(16)10-6-4-3-5-7-10/h3-8H,1-2H3/t8-/m1/s1. The fourth-order valence-electron chi connectivity index (χ4n) is 1.73. The van der Waals surface area contributed by atoms with Gasteiger partial charge in [-0.1, -0.05) is 35.5 Å². The predicted molar refractivity (Wildman–Crippen MR) is 60.6 cm³/mol. The summed E-state index contributed by atoms with van der Waals surface area (Å²) in [5.41, 5.74) is 1.11. The van der Waals surface area contributed by atoms with Crippen LogP contribution in [0.4, 0.5) is 4.39 Å². The molecule has 0 N–H and O–H groups in total. The van der Waals surface area contributed by atoms with Crippen LogP contribution in [0.1, 0.15) is 40.5 Å². The van der Waals surface area contributed by atoms with Crippen molar-refractivity contribution >= 4 is 5.78 Å². The van der Waals surface area contributed by atoms with Crippen LogP contribution in [0.5, 0.6) is 0 Å². The molecule has 88 valence electrons. The van der Waals surface area contributed by atoms with E-state index in [0.717, 1.165) is 0 Å². The Morgan fingerprint density at radius 3 is 2.59 bits per heavy atom. The largest absolute Gasteiger partial charge is 0.352 e. The molecular formula is C13H12FNO2. The molecule has 0 bridgehead atoms. The number of ketones is 1. The monoisotopic (exact) mass is 233 g/mol. The third kappa shape index (κ3) is 2.11. The molecule has 2 rings (SSSR count). The lowest BCUT2D eigenvalue weighted by atomic mass is 10.0. The average Bonchev–Trinajstić information content (AvgIpc) is 2.71. The molecule has 17 heavy (non-hydrogen) atoms. The third-order valence-corrected chi connectivity index (χ3v) is 2.55. The van der Waals surface area contributed by atoms with Crippen LogP contribution in [-0.2, 0) is 0 Å².